The van der Waals surface area contributed by atoms with Gasteiger partial charge in [0.25, 0.3) is 0 Å². The number of nitrogens with zero attached hydrogens (tertiary/aromatic N) is 2. The highest BCUT2D eigenvalue weighted by molar-refractivity contribution is 5.94. The molecule has 25 heavy (non-hydrogen) atoms. The van der Waals surface area contributed by atoms with Crippen molar-refractivity contribution in [2.24, 2.45) is 0 Å². The quantitative estimate of drug-likeness (QED) is 0.651. The maximum absolute atomic E-state index is 12.5. The van der Waals surface area contributed by atoms with Gasteiger partial charge in [-0.2, -0.15) is 0 Å². The summed E-state index contributed by atoms with van der Waals surface area (Å²) in [7, 11) is 3.12. The van der Waals surface area contributed by atoms with Crippen LogP contribution in [0.3, 0.4) is 0 Å². The second-order valence-electron chi connectivity index (χ2n) is 5.84. The van der Waals surface area contributed by atoms with Gasteiger partial charge in [-0.05, 0) is 25.0 Å². The summed E-state index contributed by atoms with van der Waals surface area (Å²) >= 11 is 0. The SMILES string of the molecule is CCCN(CCC)C(=O)CCN(C(C)=O)c1cc(OC)ccc1OC. The molecule has 0 bridgehead atoms. The molecule has 0 fully saturated rings. The van der Waals surface area contributed by atoms with Gasteiger partial charge in [-0.1, -0.05) is 13.8 Å². The highest BCUT2D eigenvalue weighted by Gasteiger charge is 2.20. The number of benzene rings is 1. The van der Waals surface area contributed by atoms with Crippen LogP contribution in [-0.4, -0.2) is 50.6 Å². The van der Waals surface area contributed by atoms with Gasteiger partial charge >= 0.3 is 0 Å². The third-order valence-corrected chi connectivity index (χ3v) is 3.95. The summed E-state index contributed by atoms with van der Waals surface area (Å²) in [6, 6.07) is 5.28. The first-order valence-corrected chi connectivity index (χ1v) is 8.76. The van der Waals surface area contributed by atoms with E-state index in [2.05, 4.69) is 13.8 Å². The summed E-state index contributed by atoms with van der Waals surface area (Å²) in [6.07, 6.45) is 2.12. The third kappa shape index (κ3) is 5.96. The van der Waals surface area contributed by atoms with Crippen LogP contribution in [0.1, 0.15) is 40.0 Å². The van der Waals surface area contributed by atoms with E-state index in [0.29, 0.717) is 23.7 Å². The van der Waals surface area contributed by atoms with Crippen molar-refractivity contribution in [2.75, 3.05) is 38.8 Å². The fourth-order valence-corrected chi connectivity index (χ4v) is 2.72. The molecule has 0 saturated carbocycles. The van der Waals surface area contributed by atoms with Crippen LogP contribution in [-0.2, 0) is 9.59 Å². The smallest absolute Gasteiger partial charge is 0.224 e. The lowest BCUT2D eigenvalue weighted by Gasteiger charge is -2.26. The fraction of sp³-hybridized carbons (Fsp3) is 0.579. The lowest BCUT2D eigenvalue weighted by Crippen LogP contribution is -2.37. The van der Waals surface area contributed by atoms with Gasteiger partial charge in [-0.3, -0.25) is 9.59 Å². The molecule has 0 aromatic heterocycles. The van der Waals surface area contributed by atoms with Gasteiger partial charge < -0.3 is 19.3 Å². The topological polar surface area (TPSA) is 59.1 Å². The first-order valence-electron chi connectivity index (χ1n) is 8.76. The van der Waals surface area contributed by atoms with Crippen LogP contribution in [0.5, 0.6) is 11.5 Å². The van der Waals surface area contributed by atoms with E-state index < -0.39 is 0 Å². The van der Waals surface area contributed by atoms with E-state index in [9.17, 15) is 9.59 Å². The van der Waals surface area contributed by atoms with E-state index in [1.165, 1.54) is 6.92 Å². The zero-order chi connectivity index (χ0) is 18.8. The van der Waals surface area contributed by atoms with Crippen LogP contribution in [0.15, 0.2) is 18.2 Å². The Labute approximate surface area is 150 Å². The summed E-state index contributed by atoms with van der Waals surface area (Å²) < 4.78 is 10.6. The summed E-state index contributed by atoms with van der Waals surface area (Å²) in [5, 5.41) is 0. The highest BCUT2D eigenvalue weighted by atomic mass is 16.5. The van der Waals surface area contributed by atoms with Crippen LogP contribution in [0, 0.1) is 0 Å². The molecule has 0 unspecified atom stereocenters. The van der Waals surface area contributed by atoms with Crippen molar-refractivity contribution in [1.29, 1.82) is 0 Å². The maximum atomic E-state index is 12.5. The number of methoxy groups -OCH3 is 2. The van der Waals surface area contributed by atoms with Gasteiger partial charge in [0.1, 0.15) is 11.5 Å². The number of anilines is 1. The zero-order valence-corrected chi connectivity index (χ0v) is 16.0. The maximum Gasteiger partial charge on any atom is 0.224 e. The van der Waals surface area contributed by atoms with E-state index >= 15 is 0 Å². The number of hydrogen-bond acceptors (Lipinski definition) is 4. The minimum absolute atomic E-state index is 0.0665. The molecule has 2 amide bonds. The van der Waals surface area contributed by atoms with Gasteiger partial charge in [0.05, 0.1) is 19.9 Å². The van der Waals surface area contributed by atoms with Crippen LogP contribution in [0.4, 0.5) is 5.69 Å². The monoisotopic (exact) mass is 350 g/mol. The van der Waals surface area contributed by atoms with Gasteiger partial charge in [-0.25, -0.2) is 0 Å². The molecule has 6 nitrogen and oxygen atoms in total. The van der Waals surface area contributed by atoms with E-state index in [1.54, 1.807) is 37.3 Å². The number of hydrogen-bond donors (Lipinski definition) is 0. The number of carbonyl (C=O) groups excluding carboxylic acids is 2. The molecule has 1 aromatic rings. The molecule has 0 aliphatic rings. The average molecular weight is 350 g/mol. The van der Waals surface area contributed by atoms with Crippen molar-refractivity contribution in [1.82, 2.24) is 4.90 Å². The normalized spacial score (nSPS) is 10.3. The predicted molar refractivity (Wildman–Crippen MR) is 99.4 cm³/mol. The standard InChI is InChI=1S/C19H30N2O4/c1-6-11-20(12-7-2)19(23)10-13-21(15(3)22)17-14-16(24-4)8-9-18(17)25-5/h8-9,14H,6-7,10-13H2,1-5H3. The molecule has 0 spiro atoms. The van der Waals surface area contributed by atoms with Crippen molar-refractivity contribution in [2.45, 2.75) is 40.0 Å². The summed E-state index contributed by atoms with van der Waals surface area (Å²) in [4.78, 5) is 28.1. The molecular weight excluding hydrogens is 320 g/mol. The highest BCUT2D eigenvalue weighted by Crippen LogP contribution is 2.32. The first kappa shape index (κ1) is 20.8. The van der Waals surface area contributed by atoms with Crippen LogP contribution in [0.2, 0.25) is 0 Å². The molecule has 1 rings (SSSR count). The minimum atomic E-state index is -0.142. The zero-order valence-electron chi connectivity index (χ0n) is 16.0. The molecule has 0 aliphatic carbocycles. The molecule has 0 aliphatic heterocycles. The minimum Gasteiger partial charge on any atom is -0.497 e. The fourth-order valence-electron chi connectivity index (χ4n) is 2.72. The Hall–Kier alpha value is -2.24. The molecule has 0 atom stereocenters. The number of carbonyl (C=O) groups is 2. The number of amides is 2. The molecule has 0 N–H and O–H groups in total. The van der Waals surface area contributed by atoms with Crippen molar-refractivity contribution in [3.8, 4) is 11.5 Å². The summed E-state index contributed by atoms with van der Waals surface area (Å²) in [5.41, 5.74) is 0.611. The Morgan fingerprint density at radius 2 is 1.64 bits per heavy atom. The molecule has 140 valence electrons. The molecule has 1 aromatic carbocycles. The van der Waals surface area contributed by atoms with E-state index in [1.807, 2.05) is 4.90 Å². The van der Waals surface area contributed by atoms with Crippen LogP contribution >= 0.6 is 0 Å². The van der Waals surface area contributed by atoms with E-state index in [4.69, 9.17) is 9.47 Å². The first-order chi connectivity index (χ1) is 12.0. The summed E-state index contributed by atoms with van der Waals surface area (Å²) in [6.45, 7) is 7.39. The second kappa shape index (κ2) is 10.6. The van der Waals surface area contributed by atoms with Crippen LogP contribution in [0.25, 0.3) is 0 Å². The molecule has 0 radical (unpaired) electrons. The van der Waals surface area contributed by atoms with Gasteiger partial charge in [-0.15, -0.1) is 0 Å². The Morgan fingerprint density at radius 1 is 1.00 bits per heavy atom. The molecule has 0 saturated heterocycles. The van der Waals surface area contributed by atoms with Crippen molar-refractivity contribution >= 4 is 17.5 Å². The Kier molecular flexibility index (Phi) is 8.81. The van der Waals surface area contributed by atoms with Crippen molar-refractivity contribution in [3.63, 3.8) is 0 Å². The Balaban J connectivity index is 2.95. The molecule has 0 heterocycles. The average Bonchev–Trinajstić information content (AvgIpc) is 2.61. The number of ether oxygens (including phenoxy) is 2. The van der Waals surface area contributed by atoms with Crippen molar-refractivity contribution in [3.05, 3.63) is 18.2 Å². The second-order valence-corrected chi connectivity index (χ2v) is 5.84. The third-order valence-electron chi connectivity index (χ3n) is 3.95. The molecule has 6 heteroatoms. The Morgan fingerprint density at radius 3 is 2.12 bits per heavy atom. The van der Waals surface area contributed by atoms with Gasteiger partial charge in [0, 0.05) is 39.0 Å². The lowest BCUT2D eigenvalue weighted by molar-refractivity contribution is -0.131. The van der Waals surface area contributed by atoms with E-state index in [0.717, 1.165) is 25.9 Å². The predicted octanol–water partition coefficient (Wildman–Crippen LogP) is 3.10. The number of rotatable bonds is 10. The lowest BCUT2D eigenvalue weighted by atomic mass is 10.2. The van der Waals surface area contributed by atoms with E-state index in [-0.39, 0.29) is 18.2 Å². The molecular formula is C19H30N2O4. The van der Waals surface area contributed by atoms with Gasteiger partial charge in [0.15, 0.2) is 0 Å². The van der Waals surface area contributed by atoms with Crippen LogP contribution < -0.4 is 14.4 Å². The Bertz CT molecular complexity index is 569. The van der Waals surface area contributed by atoms with Crippen molar-refractivity contribution < 1.29 is 19.1 Å². The summed E-state index contributed by atoms with van der Waals surface area (Å²) in [5.74, 6) is 1.13. The van der Waals surface area contributed by atoms with Gasteiger partial charge in [0.2, 0.25) is 11.8 Å². The largest absolute Gasteiger partial charge is 0.497 e.